The van der Waals surface area contributed by atoms with Gasteiger partial charge in [-0.2, -0.15) is 0 Å². The zero-order chi connectivity index (χ0) is 10.4. The molecule has 80 valence electrons. The number of aliphatic hydroxyl groups is 2. The van der Waals surface area contributed by atoms with Gasteiger partial charge in [-0.15, -0.1) is 0 Å². The summed E-state index contributed by atoms with van der Waals surface area (Å²) in [6.07, 6.45) is 7.83. The van der Waals surface area contributed by atoms with Crippen LogP contribution >= 0.6 is 0 Å². The van der Waals surface area contributed by atoms with Crippen molar-refractivity contribution in [1.82, 2.24) is 4.90 Å². The summed E-state index contributed by atoms with van der Waals surface area (Å²) in [5, 5.41) is 19.2. The highest BCUT2D eigenvalue weighted by atomic mass is 16.3. The number of hydrogen-bond acceptors (Lipinski definition) is 3. The molecule has 3 rings (SSSR count). The average Bonchev–Trinajstić information content (AvgIpc) is 2.69. The molecule has 2 N–H and O–H groups in total. The first-order valence-corrected chi connectivity index (χ1v) is 5.48. The van der Waals surface area contributed by atoms with E-state index in [1.54, 1.807) is 0 Å². The molecule has 3 nitrogen and oxygen atoms in total. The van der Waals surface area contributed by atoms with E-state index in [4.69, 9.17) is 0 Å². The third kappa shape index (κ3) is 1.20. The molecular formula is C12H15NO2. The molecule has 1 fully saturated rings. The first-order chi connectivity index (χ1) is 7.31. The van der Waals surface area contributed by atoms with Crippen LogP contribution in [-0.4, -0.2) is 34.5 Å². The highest BCUT2D eigenvalue weighted by molar-refractivity contribution is 5.46. The fraction of sp³-hybridized carbons (Fsp3) is 0.500. The van der Waals surface area contributed by atoms with Crippen molar-refractivity contribution in [1.29, 1.82) is 0 Å². The number of rotatable bonds is 1. The SMILES string of the molecule is OCC1=CC2=C3[C@H](CC=C2)CCN3[C@@H]1O. The molecule has 3 aliphatic rings. The maximum atomic E-state index is 10.0. The molecule has 0 aromatic rings. The minimum atomic E-state index is -0.606. The van der Waals surface area contributed by atoms with Crippen LogP contribution in [0.2, 0.25) is 0 Å². The standard InChI is InChI=1S/C12H15NO2/c14-7-10-6-9-3-1-2-8-4-5-13(11(8)9)12(10)15/h1,3,6,8,12,14-15H,2,4-5,7H2/t8-,12-/m1/s1. The molecule has 0 saturated carbocycles. The topological polar surface area (TPSA) is 43.7 Å². The van der Waals surface area contributed by atoms with Crippen LogP contribution in [0.15, 0.2) is 35.1 Å². The lowest BCUT2D eigenvalue weighted by Crippen LogP contribution is -2.37. The molecule has 15 heavy (non-hydrogen) atoms. The minimum Gasteiger partial charge on any atom is -0.392 e. The maximum absolute atomic E-state index is 10.0. The molecule has 3 heteroatoms. The normalized spacial score (nSPS) is 33.2. The zero-order valence-corrected chi connectivity index (χ0v) is 8.56. The van der Waals surface area contributed by atoms with Gasteiger partial charge in [0.25, 0.3) is 0 Å². The molecule has 2 heterocycles. The molecular weight excluding hydrogens is 190 g/mol. The van der Waals surface area contributed by atoms with E-state index >= 15 is 0 Å². The van der Waals surface area contributed by atoms with Gasteiger partial charge in [0.1, 0.15) is 0 Å². The van der Waals surface area contributed by atoms with Crippen molar-refractivity contribution in [2.24, 2.45) is 5.92 Å². The Morgan fingerprint density at radius 1 is 1.47 bits per heavy atom. The Morgan fingerprint density at radius 3 is 3.13 bits per heavy atom. The molecule has 0 aromatic heterocycles. The van der Waals surface area contributed by atoms with E-state index in [-0.39, 0.29) is 6.61 Å². The van der Waals surface area contributed by atoms with Crippen molar-refractivity contribution in [3.63, 3.8) is 0 Å². The quantitative estimate of drug-likeness (QED) is 0.664. The second kappa shape index (κ2) is 3.22. The van der Waals surface area contributed by atoms with Crippen molar-refractivity contribution in [2.45, 2.75) is 19.1 Å². The second-order valence-corrected chi connectivity index (χ2v) is 4.41. The van der Waals surface area contributed by atoms with E-state index in [9.17, 15) is 10.2 Å². The minimum absolute atomic E-state index is 0.0625. The molecule has 1 saturated heterocycles. The van der Waals surface area contributed by atoms with Gasteiger partial charge >= 0.3 is 0 Å². The average molecular weight is 205 g/mol. The predicted octanol–water partition coefficient (Wildman–Crippen LogP) is 0.773. The maximum Gasteiger partial charge on any atom is 0.151 e. The lowest BCUT2D eigenvalue weighted by Gasteiger charge is -2.35. The Kier molecular flexibility index (Phi) is 1.97. The first-order valence-electron chi connectivity index (χ1n) is 5.48. The Morgan fingerprint density at radius 2 is 2.33 bits per heavy atom. The van der Waals surface area contributed by atoms with Crippen LogP contribution in [0.4, 0.5) is 0 Å². The number of nitrogens with zero attached hydrogens (tertiary/aromatic N) is 1. The fourth-order valence-corrected chi connectivity index (χ4v) is 2.84. The van der Waals surface area contributed by atoms with Crippen LogP contribution in [0.5, 0.6) is 0 Å². The van der Waals surface area contributed by atoms with Gasteiger partial charge in [-0.3, -0.25) is 0 Å². The van der Waals surface area contributed by atoms with Gasteiger partial charge in [0, 0.05) is 23.7 Å². The van der Waals surface area contributed by atoms with Crippen LogP contribution in [-0.2, 0) is 0 Å². The van der Waals surface area contributed by atoms with Crippen LogP contribution < -0.4 is 0 Å². The highest BCUT2D eigenvalue weighted by Crippen LogP contribution is 2.41. The van der Waals surface area contributed by atoms with Crippen molar-refractivity contribution in [3.8, 4) is 0 Å². The molecule has 0 spiro atoms. The Labute approximate surface area is 89.0 Å². The van der Waals surface area contributed by atoms with Gasteiger partial charge in [0.2, 0.25) is 0 Å². The summed E-state index contributed by atoms with van der Waals surface area (Å²) in [6.45, 7) is 0.844. The van der Waals surface area contributed by atoms with Gasteiger partial charge in [0.15, 0.2) is 6.23 Å². The molecule has 2 atom stereocenters. The summed E-state index contributed by atoms with van der Waals surface area (Å²) in [4.78, 5) is 2.04. The summed E-state index contributed by atoms with van der Waals surface area (Å²) >= 11 is 0. The van der Waals surface area contributed by atoms with Gasteiger partial charge in [-0.25, -0.2) is 0 Å². The third-order valence-electron chi connectivity index (χ3n) is 3.58. The Balaban J connectivity index is 2.08. The van der Waals surface area contributed by atoms with E-state index < -0.39 is 6.23 Å². The third-order valence-corrected chi connectivity index (χ3v) is 3.58. The van der Waals surface area contributed by atoms with Crippen molar-refractivity contribution >= 4 is 0 Å². The van der Waals surface area contributed by atoms with Crippen LogP contribution in [0.3, 0.4) is 0 Å². The molecule has 0 bridgehead atoms. The van der Waals surface area contributed by atoms with E-state index in [2.05, 4.69) is 12.2 Å². The van der Waals surface area contributed by atoms with Crippen LogP contribution in [0.1, 0.15) is 12.8 Å². The van der Waals surface area contributed by atoms with Crippen LogP contribution in [0.25, 0.3) is 0 Å². The Bertz CT molecular complexity index is 381. The fourth-order valence-electron chi connectivity index (χ4n) is 2.84. The number of aliphatic hydroxyl groups excluding tert-OH is 2. The van der Waals surface area contributed by atoms with E-state index in [1.165, 1.54) is 11.3 Å². The molecule has 0 amide bonds. The number of allylic oxidation sites excluding steroid dienone is 5. The van der Waals surface area contributed by atoms with Gasteiger partial charge in [-0.1, -0.05) is 12.2 Å². The summed E-state index contributed by atoms with van der Waals surface area (Å²) < 4.78 is 0. The largest absolute Gasteiger partial charge is 0.392 e. The summed E-state index contributed by atoms with van der Waals surface area (Å²) in [5.41, 5.74) is 3.17. The molecule has 2 aliphatic heterocycles. The van der Waals surface area contributed by atoms with Crippen molar-refractivity contribution in [2.75, 3.05) is 13.2 Å². The van der Waals surface area contributed by atoms with E-state index in [0.717, 1.165) is 19.4 Å². The number of hydrogen-bond donors (Lipinski definition) is 2. The van der Waals surface area contributed by atoms with E-state index in [1.807, 2.05) is 11.0 Å². The van der Waals surface area contributed by atoms with Gasteiger partial charge in [-0.05, 0) is 24.5 Å². The van der Waals surface area contributed by atoms with Gasteiger partial charge < -0.3 is 15.1 Å². The Hall–Kier alpha value is -1.06. The first kappa shape index (κ1) is 9.19. The summed E-state index contributed by atoms with van der Waals surface area (Å²) in [5.74, 6) is 0.580. The second-order valence-electron chi connectivity index (χ2n) is 4.41. The van der Waals surface area contributed by atoms with Crippen LogP contribution in [0, 0.1) is 5.92 Å². The molecule has 0 radical (unpaired) electrons. The predicted molar refractivity (Wildman–Crippen MR) is 56.8 cm³/mol. The lowest BCUT2D eigenvalue weighted by molar-refractivity contribution is 0.0565. The summed E-state index contributed by atoms with van der Waals surface area (Å²) in [7, 11) is 0. The van der Waals surface area contributed by atoms with Crippen molar-refractivity contribution in [3.05, 3.63) is 35.1 Å². The smallest absolute Gasteiger partial charge is 0.151 e. The highest BCUT2D eigenvalue weighted by Gasteiger charge is 2.37. The zero-order valence-electron chi connectivity index (χ0n) is 8.56. The lowest BCUT2D eigenvalue weighted by atomic mass is 9.89. The molecule has 0 aromatic carbocycles. The van der Waals surface area contributed by atoms with Crippen molar-refractivity contribution < 1.29 is 10.2 Å². The summed E-state index contributed by atoms with van der Waals surface area (Å²) in [6, 6.07) is 0. The monoisotopic (exact) mass is 205 g/mol. The molecule has 1 aliphatic carbocycles. The van der Waals surface area contributed by atoms with E-state index in [0.29, 0.717) is 11.5 Å². The molecule has 0 unspecified atom stereocenters. The van der Waals surface area contributed by atoms with Gasteiger partial charge in [0.05, 0.1) is 6.61 Å².